The highest BCUT2D eigenvalue weighted by molar-refractivity contribution is 6.45. The van der Waals surface area contributed by atoms with Gasteiger partial charge in [0.05, 0.1) is 21.3 Å². The lowest BCUT2D eigenvalue weighted by atomic mass is 10.1. The molecular formula is C25H25Cl2N3O6. The summed E-state index contributed by atoms with van der Waals surface area (Å²) in [6.07, 6.45) is 0. The van der Waals surface area contributed by atoms with Crippen LogP contribution in [0.1, 0.15) is 10.4 Å². The van der Waals surface area contributed by atoms with Crippen molar-refractivity contribution in [2.75, 3.05) is 45.7 Å². The SMILES string of the molecule is CN(C)CCNC(=O)COc1ccccc1NC(=O)COc1cc(C(=O)O)cc2c(Cl)c(Cl)ccc12. The van der Waals surface area contributed by atoms with Gasteiger partial charge in [-0.2, -0.15) is 0 Å². The molecule has 0 aromatic heterocycles. The van der Waals surface area contributed by atoms with Gasteiger partial charge in [0.1, 0.15) is 11.5 Å². The minimum absolute atomic E-state index is 0.0651. The number of likely N-dealkylation sites (N-methyl/N-ethyl adjacent to an activating group) is 1. The third-order valence-corrected chi connectivity index (χ3v) is 5.81. The Hall–Kier alpha value is -3.53. The van der Waals surface area contributed by atoms with Crippen LogP contribution in [0, 0.1) is 0 Å². The highest BCUT2D eigenvalue weighted by atomic mass is 35.5. The molecule has 2 amide bonds. The van der Waals surface area contributed by atoms with Crippen LogP contribution in [0.15, 0.2) is 48.5 Å². The monoisotopic (exact) mass is 533 g/mol. The summed E-state index contributed by atoms with van der Waals surface area (Å²) >= 11 is 12.3. The molecule has 3 aromatic carbocycles. The van der Waals surface area contributed by atoms with Crippen LogP contribution in [-0.2, 0) is 9.59 Å². The number of carboxylic acids is 1. The summed E-state index contributed by atoms with van der Waals surface area (Å²) in [5.74, 6) is -1.51. The van der Waals surface area contributed by atoms with Gasteiger partial charge in [-0.1, -0.05) is 35.3 Å². The molecule has 36 heavy (non-hydrogen) atoms. The molecule has 0 aliphatic heterocycles. The third kappa shape index (κ3) is 7.24. The van der Waals surface area contributed by atoms with Gasteiger partial charge < -0.3 is 30.1 Å². The molecule has 0 saturated heterocycles. The number of rotatable bonds is 11. The fraction of sp³-hybridized carbons (Fsp3) is 0.240. The normalized spacial score (nSPS) is 10.8. The molecule has 0 bridgehead atoms. The van der Waals surface area contributed by atoms with Gasteiger partial charge in [-0.25, -0.2) is 4.79 Å². The second-order valence-electron chi connectivity index (χ2n) is 8.01. The van der Waals surface area contributed by atoms with E-state index in [2.05, 4.69) is 10.6 Å². The van der Waals surface area contributed by atoms with Crippen LogP contribution in [0.25, 0.3) is 10.8 Å². The molecule has 0 atom stereocenters. The molecule has 0 aliphatic rings. The van der Waals surface area contributed by atoms with Gasteiger partial charge in [0.25, 0.3) is 11.8 Å². The molecule has 3 rings (SSSR count). The van der Waals surface area contributed by atoms with Gasteiger partial charge in [-0.05, 0) is 50.5 Å². The molecular weight excluding hydrogens is 509 g/mol. The van der Waals surface area contributed by atoms with E-state index in [1.54, 1.807) is 36.4 Å². The second kappa shape index (κ2) is 12.4. The standard InChI is InChI=1S/C25H25Cl2N3O6/c1-30(2)10-9-28-22(31)13-35-20-6-4-3-5-19(20)29-23(32)14-36-21-12-15(25(33)34)11-17-16(21)7-8-18(26)24(17)27/h3-8,11-12H,9-10,13-14H2,1-2H3,(H,28,31)(H,29,32)(H,33,34). The Morgan fingerprint density at radius 3 is 2.33 bits per heavy atom. The number of anilines is 1. The minimum Gasteiger partial charge on any atom is -0.483 e. The predicted molar refractivity (Wildman–Crippen MR) is 139 cm³/mol. The van der Waals surface area contributed by atoms with Gasteiger partial charge in [-0.15, -0.1) is 0 Å². The van der Waals surface area contributed by atoms with E-state index < -0.39 is 18.5 Å². The van der Waals surface area contributed by atoms with Gasteiger partial charge in [0.15, 0.2) is 13.2 Å². The summed E-state index contributed by atoms with van der Waals surface area (Å²) in [5.41, 5.74) is 0.288. The molecule has 3 aromatic rings. The van der Waals surface area contributed by atoms with Crippen molar-refractivity contribution in [3.05, 3.63) is 64.1 Å². The molecule has 0 fully saturated rings. The van der Waals surface area contributed by atoms with Crippen molar-refractivity contribution < 1.29 is 29.0 Å². The molecule has 0 spiro atoms. The van der Waals surface area contributed by atoms with Crippen LogP contribution in [-0.4, -0.2) is 68.2 Å². The van der Waals surface area contributed by atoms with E-state index in [4.69, 9.17) is 32.7 Å². The summed E-state index contributed by atoms with van der Waals surface area (Å²) in [5, 5.41) is 16.2. The Morgan fingerprint density at radius 1 is 0.917 bits per heavy atom. The van der Waals surface area contributed by atoms with Crippen LogP contribution < -0.4 is 20.1 Å². The number of nitrogens with zero attached hydrogens (tertiary/aromatic N) is 1. The molecule has 3 N–H and O–H groups in total. The van der Waals surface area contributed by atoms with Crippen molar-refractivity contribution in [1.82, 2.24) is 10.2 Å². The highest BCUT2D eigenvalue weighted by Gasteiger charge is 2.16. The molecule has 0 saturated carbocycles. The molecule has 9 nitrogen and oxygen atoms in total. The average molecular weight is 534 g/mol. The maximum atomic E-state index is 12.6. The number of carboxylic acid groups (broad SMARTS) is 1. The van der Waals surface area contributed by atoms with E-state index in [-0.39, 0.29) is 33.9 Å². The number of aromatic carboxylic acids is 1. The number of nitrogens with one attached hydrogen (secondary N) is 2. The second-order valence-corrected chi connectivity index (χ2v) is 8.80. The van der Waals surface area contributed by atoms with E-state index >= 15 is 0 Å². The molecule has 0 radical (unpaired) electrons. The molecule has 0 aliphatic carbocycles. The van der Waals surface area contributed by atoms with E-state index in [0.29, 0.717) is 35.3 Å². The first-order valence-corrected chi connectivity index (χ1v) is 11.6. The largest absolute Gasteiger partial charge is 0.483 e. The zero-order valence-corrected chi connectivity index (χ0v) is 21.2. The van der Waals surface area contributed by atoms with Crippen molar-refractivity contribution in [3.63, 3.8) is 0 Å². The van der Waals surface area contributed by atoms with Gasteiger partial charge in [-0.3, -0.25) is 9.59 Å². The molecule has 0 heterocycles. The predicted octanol–water partition coefficient (Wildman–Crippen LogP) is 3.92. The number of para-hydroxylation sites is 2. The number of ether oxygens (including phenoxy) is 2. The Kier molecular flexibility index (Phi) is 9.35. The number of benzene rings is 3. The van der Waals surface area contributed by atoms with E-state index in [1.165, 1.54) is 12.1 Å². The maximum absolute atomic E-state index is 12.6. The number of hydrogen-bond donors (Lipinski definition) is 3. The number of halogens is 2. The van der Waals surface area contributed by atoms with Crippen molar-refractivity contribution >= 4 is 57.4 Å². The fourth-order valence-corrected chi connectivity index (χ4v) is 3.60. The Bertz CT molecular complexity index is 1280. The minimum atomic E-state index is -1.18. The quantitative estimate of drug-likeness (QED) is 0.342. The summed E-state index contributed by atoms with van der Waals surface area (Å²) in [4.78, 5) is 38.1. The first-order valence-electron chi connectivity index (χ1n) is 10.9. The average Bonchev–Trinajstić information content (AvgIpc) is 2.84. The summed E-state index contributed by atoms with van der Waals surface area (Å²) in [6.45, 7) is 0.550. The Labute approximate surface area is 217 Å². The Morgan fingerprint density at radius 2 is 1.61 bits per heavy atom. The van der Waals surface area contributed by atoms with Crippen LogP contribution in [0.3, 0.4) is 0 Å². The number of amides is 2. The van der Waals surface area contributed by atoms with Gasteiger partial charge >= 0.3 is 5.97 Å². The Balaban J connectivity index is 1.67. The summed E-state index contributed by atoms with van der Waals surface area (Å²) in [6, 6.07) is 12.6. The smallest absolute Gasteiger partial charge is 0.335 e. The topological polar surface area (TPSA) is 117 Å². The van der Waals surface area contributed by atoms with Crippen LogP contribution in [0.4, 0.5) is 5.69 Å². The van der Waals surface area contributed by atoms with Crippen molar-refractivity contribution in [3.8, 4) is 11.5 Å². The lowest BCUT2D eigenvalue weighted by molar-refractivity contribution is -0.123. The highest BCUT2D eigenvalue weighted by Crippen LogP contribution is 2.36. The lowest BCUT2D eigenvalue weighted by Crippen LogP contribution is -2.34. The van der Waals surface area contributed by atoms with Crippen LogP contribution >= 0.6 is 23.2 Å². The lowest BCUT2D eigenvalue weighted by Gasteiger charge is -2.15. The number of carbonyl (C=O) groups is 3. The van der Waals surface area contributed by atoms with Crippen LogP contribution in [0.5, 0.6) is 11.5 Å². The van der Waals surface area contributed by atoms with Crippen molar-refractivity contribution in [1.29, 1.82) is 0 Å². The van der Waals surface area contributed by atoms with Crippen LogP contribution in [0.2, 0.25) is 10.0 Å². The maximum Gasteiger partial charge on any atom is 0.335 e. The van der Waals surface area contributed by atoms with Gasteiger partial charge in [0.2, 0.25) is 0 Å². The molecule has 0 unspecified atom stereocenters. The van der Waals surface area contributed by atoms with E-state index in [1.807, 2.05) is 19.0 Å². The van der Waals surface area contributed by atoms with E-state index in [0.717, 1.165) is 0 Å². The number of hydrogen-bond acceptors (Lipinski definition) is 6. The zero-order valence-electron chi connectivity index (χ0n) is 19.6. The first-order chi connectivity index (χ1) is 17.2. The zero-order chi connectivity index (χ0) is 26.2. The van der Waals surface area contributed by atoms with E-state index in [9.17, 15) is 19.5 Å². The van der Waals surface area contributed by atoms with Crippen molar-refractivity contribution in [2.24, 2.45) is 0 Å². The summed E-state index contributed by atoms with van der Waals surface area (Å²) in [7, 11) is 3.81. The summed E-state index contributed by atoms with van der Waals surface area (Å²) < 4.78 is 11.2. The fourth-order valence-electron chi connectivity index (χ4n) is 3.22. The number of carbonyl (C=O) groups excluding carboxylic acids is 2. The number of fused-ring (bicyclic) bond motifs is 1. The van der Waals surface area contributed by atoms with Crippen molar-refractivity contribution in [2.45, 2.75) is 0 Å². The molecule has 190 valence electrons. The first kappa shape index (κ1) is 27.1. The van der Waals surface area contributed by atoms with Gasteiger partial charge in [0, 0.05) is 23.9 Å². The molecule has 11 heteroatoms. The third-order valence-electron chi connectivity index (χ3n) is 4.99.